The van der Waals surface area contributed by atoms with E-state index < -0.39 is 0 Å². The Balaban J connectivity index is 1.25. The lowest BCUT2D eigenvalue weighted by molar-refractivity contribution is -0.116. The van der Waals surface area contributed by atoms with Crippen LogP contribution < -0.4 is 10.6 Å². The Morgan fingerprint density at radius 1 is 0.914 bits per heavy atom. The minimum absolute atomic E-state index is 0.00500. The molecule has 5 rings (SSSR count). The van der Waals surface area contributed by atoms with Gasteiger partial charge in [-0.05, 0) is 53.3 Å². The van der Waals surface area contributed by atoms with Gasteiger partial charge in [0.05, 0.1) is 11.0 Å². The van der Waals surface area contributed by atoms with E-state index in [9.17, 15) is 9.59 Å². The highest BCUT2D eigenvalue weighted by Gasteiger charge is 2.17. The van der Waals surface area contributed by atoms with E-state index in [2.05, 4.69) is 20.6 Å². The molecule has 1 saturated carbocycles. The number of nitrogens with zero attached hydrogens (tertiary/aromatic N) is 1. The van der Waals surface area contributed by atoms with Crippen molar-refractivity contribution in [2.24, 2.45) is 5.92 Å². The zero-order valence-electron chi connectivity index (χ0n) is 19.7. The maximum atomic E-state index is 12.7. The number of aromatic nitrogens is 2. The number of hydrogen-bond acceptors (Lipinski definition) is 3. The van der Waals surface area contributed by atoms with Gasteiger partial charge in [-0.1, -0.05) is 74.2 Å². The summed E-state index contributed by atoms with van der Waals surface area (Å²) in [5.41, 5.74) is 5.21. The van der Waals surface area contributed by atoms with Gasteiger partial charge in [-0.15, -0.1) is 0 Å². The van der Waals surface area contributed by atoms with Crippen LogP contribution in [0, 0.1) is 5.92 Å². The van der Waals surface area contributed by atoms with E-state index in [-0.39, 0.29) is 11.8 Å². The molecule has 0 bridgehead atoms. The molecule has 4 aromatic rings. The van der Waals surface area contributed by atoms with Crippen molar-refractivity contribution in [3.05, 3.63) is 83.9 Å². The zero-order valence-corrected chi connectivity index (χ0v) is 19.7. The predicted molar refractivity (Wildman–Crippen MR) is 139 cm³/mol. The topological polar surface area (TPSA) is 86.9 Å². The number of carbonyl (C=O) groups excluding carboxylic acids is 2. The molecule has 3 aromatic carbocycles. The lowest BCUT2D eigenvalue weighted by atomic mass is 10.0. The number of anilines is 1. The monoisotopic (exact) mass is 466 g/mol. The Bertz CT molecular complexity index is 1320. The lowest BCUT2D eigenvalue weighted by Crippen LogP contribution is -2.22. The van der Waals surface area contributed by atoms with Gasteiger partial charge >= 0.3 is 0 Å². The molecule has 1 aliphatic carbocycles. The van der Waals surface area contributed by atoms with E-state index in [1.165, 1.54) is 25.7 Å². The molecule has 35 heavy (non-hydrogen) atoms. The molecule has 178 valence electrons. The minimum Gasteiger partial charge on any atom is -0.348 e. The summed E-state index contributed by atoms with van der Waals surface area (Å²) in [5, 5.41) is 5.89. The average Bonchev–Trinajstić information content (AvgIpc) is 3.56. The first-order valence-electron chi connectivity index (χ1n) is 12.4. The van der Waals surface area contributed by atoms with Crippen molar-refractivity contribution >= 4 is 28.8 Å². The van der Waals surface area contributed by atoms with Crippen LogP contribution in [0.4, 0.5) is 5.95 Å². The van der Waals surface area contributed by atoms with E-state index in [4.69, 9.17) is 0 Å². The van der Waals surface area contributed by atoms with Gasteiger partial charge in [-0.25, -0.2) is 4.98 Å². The van der Waals surface area contributed by atoms with Crippen molar-refractivity contribution in [1.29, 1.82) is 0 Å². The maximum absolute atomic E-state index is 12.7. The molecule has 2 amide bonds. The van der Waals surface area contributed by atoms with Gasteiger partial charge in [-0.2, -0.15) is 0 Å². The normalized spacial score (nSPS) is 13.7. The third-order valence-electron chi connectivity index (χ3n) is 6.75. The Kier molecular flexibility index (Phi) is 6.89. The highest BCUT2D eigenvalue weighted by molar-refractivity contribution is 5.96. The first kappa shape index (κ1) is 22.8. The summed E-state index contributed by atoms with van der Waals surface area (Å²) < 4.78 is 0. The number of aromatic amines is 1. The second kappa shape index (κ2) is 10.6. The second-order valence-corrected chi connectivity index (χ2v) is 9.30. The Labute approximate surface area is 205 Å². The van der Waals surface area contributed by atoms with Crippen molar-refractivity contribution in [3.8, 4) is 11.1 Å². The van der Waals surface area contributed by atoms with Crippen LogP contribution in [-0.4, -0.2) is 21.8 Å². The van der Waals surface area contributed by atoms with E-state index in [0.29, 0.717) is 30.4 Å². The average molecular weight is 467 g/mol. The third-order valence-corrected chi connectivity index (χ3v) is 6.75. The molecule has 6 nitrogen and oxygen atoms in total. The number of hydrogen-bond donors (Lipinski definition) is 3. The highest BCUT2D eigenvalue weighted by Crippen LogP contribution is 2.29. The zero-order chi connectivity index (χ0) is 24.0. The van der Waals surface area contributed by atoms with Crippen LogP contribution in [0.5, 0.6) is 0 Å². The Morgan fingerprint density at radius 3 is 2.54 bits per heavy atom. The largest absolute Gasteiger partial charge is 0.348 e. The Hall–Kier alpha value is -3.93. The standard InChI is InChI=1S/C29H30N4O2/c34-27(16-13-20-7-4-5-8-20)33-29-31-25-15-14-23(18-26(25)32-29)22-11-6-12-24(17-22)28(35)30-19-21-9-2-1-3-10-21/h1-3,6,9-12,14-15,17-18,20H,4-5,7-8,13,16,19H2,(H,30,35)(H2,31,32,33,34). The first-order valence-corrected chi connectivity index (χ1v) is 12.4. The first-order chi connectivity index (χ1) is 17.1. The molecule has 1 heterocycles. The van der Waals surface area contributed by atoms with Gasteiger partial charge in [0.25, 0.3) is 5.91 Å². The van der Waals surface area contributed by atoms with Crippen LogP contribution in [0.15, 0.2) is 72.8 Å². The molecular formula is C29H30N4O2. The molecule has 3 N–H and O–H groups in total. The summed E-state index contributed by atoms with van der Waals surface area (Å²) >= 11 is 0. The van der Waals surface area contributed by atoms with Gasteiger partial charge in [0.2, 0.25) is 11.9 Å². The number of nitrogens with one attached hydrogen (secondary N) is 3. The summed E-state index contributed by atoms with van der Waals surface area (Å²) in [6.07, 6.45) is 6.56. The van der Waals surface area contributed by atoms with E-state index in [1.807, 2.05) is 72.8 Å². The summed E-state index contributed by atoms with van der Waals surface area (Å²) in [6, 6.07) is 23.3. The van der Waals surface area contributed by atoms with Crippen LogP contribution in [0.1, 0.15) is 54.4 Å². The smallest absolute Gasteiger partial charge is 0.251 e. The van der Waals surface area contributed by atoms with Crippen molar-refractivity contribution in [3.63, 3.8) is 0 Å². The number of imidazole rings is 1. The third kappa shape index (κ3) is 5.77. The fourth-order valence-electron chi connectivity index (χ4n) is 4.80. The Morgan fingerprint density at radius 2 is 1.71 bits per heavy atom. The summed E-state index contributed by atoms with van der Waals surface area (Å²) in [4.78, 5) is 32.8. The van der Waals surface area contributed by atoms with E-state index in [0.717, 1.165) is 34.1 Å². The van der Waals surface area contributed by atoms with Crippen molar-refractivity contribution in [1.82, 2.24) is 15.3 Å². The van der Waals surface area contributed by atoms with Gasteiger partial charge in [0, 0.05) is 18.5 Å². The minimum atomic E-state index is -0.110. The molecule has 0 radical (unpaired) electrons. The number of benzene rings is 3. The predicted octanol–water partition coefficient (Wildman–Crippen LogP) is 6.07. The maximum Gasteiger partial charge on any atom is 0.251 e. The van der Waals surface area contributed by atoms with E-state index in [1.54, 1.807) is 0 Å². The fourth-order valence-corrected chi connectivity index (χ4v) is 4.80. The molecule has 1 aliphatic rings. The molecule has 0 aliphatic heterocycles. The quantitative estimate of drug-likeness (QED) is 0.295. The van der Waals surface area contributed by atoms with Gasteiger partial charge in [0.1, 0.15) is 0 Å². The van der Waals surface area contributed by atoms with Crippen LogP contribution in [0.2, 0.25) is 0 Å². The molecule has 0 unspecified atom stereocenters. The highest BCUT2D eigenvalue weighted by atomic mass is 16.2. The van der Waals surface area contributed by atoms with Crippen molar-refractivity contribution < 1.29 is 9.59 Å². The fraction of sp³-hybridized carbons (Fsp3) is 0.276. The summed E-state index contributed by atoms with van der Waals surface area (Å²) in [7, 11) is 0. The van der Waals surface area contributed by atoms with Gasteiger partial charge in [0.15, 0.2) is 0 Å². The van der Waals surface area contributed by atoms with Crippen LogP contribution in [0.25, 0.3) is 22.2 Å². The number of H-pyrrole nitrogens is 1. The van der Waals surface area contributed by atoms with Gasteiger partial charge < -0.3 is 10.3 Å². The number of carbonyl (C=O) groups is 2. The number of amides is 2. The van der Waals surface area contributed by atoms with Crippen molar-refractivity contribution in [2.45, 2.75) is 45.1 Å². The molecular weight excluding hydrogens is 436 g/mol. The van der Waals surface area contributed by atoms with Crippen LogP contribution >= 0.6 is 0 Å². The SMILES string of the molecule is O=C(CCC1CCCC1)Nc1nc2ccc(-c3cccc(C(=O)NCc4ccccc4)c3)cc2[nH]1. The molecule has 0 atom stereocenters. The summed E-state index contributed by atoms with van der Waals surface area (Å²) in [6.45, 7) is 0.485. The van der Waals surface area contributed by atoms with Crippen molar-refractivity contribution in [2.75, 3.05) is 5.32 Å². The summed E-state index contributed by atoms with van der Waals surface area (Å²) in [5.74, 6) is 1.06. The lowest BCUT2D eigenvalue weighted by Gasteiger charge is -2.08. The van der Waals surface area contributed by atoms with Crippen LogP contribution in [-0.2, 0) is 11.3 Å². The molecule has 0 saturated heterocycles. The van der Waals surface area contributed by atoms with Gasteiger partial charge in [-0.3, -0.25) is 14.9 Å². The molecule has 6 heteroatoms. The molecule has 1 aromatic heterocycles. The number of rotatable bonds is 8. The molecule has 1 fully saturated rings. The molecule has 0 spiro atoms. The second-order valence-electron chi connectivity index (χ2n) is 9.30. The number of fused-ring (bicyclic) bond motifs is 1. The van der Waals surface area contributed by atoms with Crippen LogP contribution in [0.3, 0.4) is 0 Å². The van der Waals surface area contributed by atoms with E-state index >= 15 is 0 Å².